The first kappa shape index (κ1) is 18.7. The average Bonchev–Trinajstić information content (AvgIpc) is 3.44. The van der Waals surface area contributed by atoms with Crippen molar-refractivity contribution in [2.45, 2.75) is 36.9 Å². The molecule has 4 aliphatic heterocycles. The summed E-state index contributed by atoms with van der Waals surface area (Å²) in [5.41, 5.74) is 2.12. The molecule has 4 aliphatic rings. The highest BCUT2D eigenvalue weighted by Crippen LogP contribution is 2.55. The first-order chi connectivity index (χ1) is 15.1. The molecule has 0 aromatic heterocycles. The number of hydrogen-bond donors (Lipinski definition) is 0. The molecule has 31 heavy (non-hydrogen) atoms. The van der Waals surface area contributed by atoms with Gasteiger partial charge in [-0.1, -0.05) is 18.2 Å². The van der Waals surface area contributed by atoms with Crippen LogP contribution in [0.3, 0.4) is 0 Å². The van der Waals surface area contributed by atoms with E-state index in [2.05, 4.69) is 11.9 Å². The van der Waals surface area contributed by atoms with Crippen molar-refractivity contribution >= 4 is 11.9 Å². The number of carbonyl (C=O) groups is 2. The molecule has 0 amide bonds. The van der Waals surface area contributed by atoms with E-state index in [-0.39, 0.29) is 42.8 Å². The fourth-order valence-electron chi connectivity index (χ4n) is 5.87. The zero-order chi connectivity index (χ0) is 21.1. The van der Waals surface area contributed by atoms with Crippen LogP contribution in [0, 0.1) is 5.92 Å². The molecule has 5 atom stereocenters. The third-order valence-electron chi connectivity index (χ3n) is 7.22. The smallest absolute Gasteiger partial charge is 0.338 e. The first-order valence-electron chi connectivity index (χ1n) is 10.7. The molecule has 2 aromatic carbocycles. The zero-order valence-electron chi connectivity index (χ0n) is 17.2. The minimum atomic E-state index is -0.292. The maximum atomic E-state index is 12.7. The summed E-state index contributed by atoms with van der Waals surface area (Å²) in [6.45, 7) is 0.545. The maximum absolute atomic E-state index is 12.7. The van der Waals surface area contributed by atoms with Gasteiger partial charge < -0.3 is 18.9 Å². The highest BCUT2D eigenvalue weighted by Gasteiger charge is 2.60. The van der Waals surface area contributed by atoms with Crippen LogP contribution in [0.1, 0.15) is 45.0 Å². The summed E-state index contributed by atoms with van der Waals surface area (Å²) < 4.78 is 22.4. The molecule has 7 nitrogen and oxygen atoms in total. The largest absolute Gasteiger partial charge is 0.462 e. The van der Waals surface area contributed by atoms with Gasteiger partial charge in [0.15, 0.2) is 11.5 Å². The molecule has 0 saturated carbocycles. The summed E-state index contributed by atoms with van der Waals surface area (Å²) in [4.78, 5) is 27.3. The molecular formula is C24H23NO6. The molecule has 0 radical (unpaired) electrons. The molecule has 2 bridgehead atoms. The van der Waals surface area contributed by atoms with Gasteiger partial charge in [0.2, 0.25) is 6.79 Å². The molecule has 0 spiro atoms. The number of nitrogens with zero attached hydrogens (tertiary/aromatic N) is 1. The number of benzene rings is 2. The Morgan fingerprint density at radius 3 is 2.74 bits per heavy atom. The van der Waals surface area contributed by atoms with E-state index in [0.29, 0.717) is 35.2 Å². The minimum absolute atomic E-state index is 0.0841. The first-order valence-corrected chi connectivity index (χ1v) is 10.7. The van der Waals surface area contributed by atoms with E-state index in [0.717, 1.165) is 18.4 Å². The van der Waals surface area contributed by atoms with Gasteiger partial charge >= 0.3 is 11.9 Å². The lowest BCUT2D eigenvalue weighted by atomic mass is 9.72. The van der Waals surface area contributed by atoms with Crippen LogP contribution in [0.15, 0.2) is 42.5 Å². The monoisotopic (exact) mass is 421 g/mol. The summed E-state index contributed by atoms with van der Waals surface area (Å²) in [7, 11) is 2.10. The normalized spacial score (nSPS) is 30.0. The van der Waals surface area contributed by atoms with Gasteiger partial charge in [0.1, 0.15) is 6.10 Å². The summed E-state index contributed by atoms with van der Waals surface area (Å²) in [5.74, 6) is 1.14. The molecule has 2 fully saturated rings. The van der Waals surface area contributed by atoms with E-state index < -0.39 is 0 Å². The third-order valence-corrected chi connectivity index (χ3v) is 7.22. The average molecular weight is 421 g/mol. The van der Waals surface area contributed by atoms with Gasteiger partial charge in [0.25, 0.3) is 0 Å². The van der Waals surface area contributed by atoms with Crippen LogP contribution in [-0.2, 0) is 9.47 Å². The van der Waals surface area contributed by atoms with Crippen molar-refractivity contribution in [3.63, 3.8) is 0 Å². The van der Waals surface area contributed by atoms with Gasteiger partial charge in [0.05, 0.1) is 17.7 Å². The van der Waals surface area contributed by atoms with Crippen molar-refractivity contribution in [1.29, 1.82) is 0 Å². The molecule has 4 heterocycles. The van der Waals surface area contributed by atoms with Crippen LogP contribution in [0.4, 0.5) is 0 Å². The number of hydrogen-bond acceptors (Lipinski definition) is 7. The molecule has 6 rings (SSSR count). The van der Waals surface area contributed by atoms with Crippen molar-refractivity contribution in [2.24, 2.45) is 5.92 Å². The molecule has 0 unspecified atom stereocenters. The second-order valence-electron chi connectivity index (χ2n) is 8.70. The van der Waals surface area contributed by atoms with Crippen molar-refractivity contribution in [3.8, 4) is 11.5 Å². The van der Waals surface area contributed by atoms with E-state index in [4.69, 9.17) is 18.9 Å². The van der Waals surface area contributed by atoms with E-state index in [1.54, 1.807) is 18.2 Å². The van der Waals surface area contributed by atoms with Crippen LogP contribution < -0.4 is 9.47 Å². The van der Waals surface area contributed by atoms with Gasteiger partial charge in [-0.2, -0.15) is 0 Å². The predicted octanol–water partition coefficient (Wildman–Crippen LogP) is 2.99. The second-order valence-corrected chi connectivity index (χ2v) is 8.70. The lowest BCUT2D eigenvalue weighted by Crippen LogP contribution is -2.42. The predicted molar refractivity (Wildman–Crippen MR) is 109 cm³/mol. The zero-order valence-corrected chi connectivity index (χ0v) is 17.2. The summed E-state index contributed by atoms with van der Waals surface area (Å²) >= 11 is 0. The lowest BCUT2D eigenvalue weighted by Gasteiger charge is -2.38. The van der Waals surface area contributed by atoms with Crippen molar-refractivity contribution in [1.82, 2.24) is 4.90 Å². The number of esters is 2. The Labute approximate surface area is 179 Å². The molecule has 2 saturated heterocycles. The highest BCUT2D eigenvalue weighted by molar-refractivity contribution is 5.94. The number of ether oxygens (including phenoxy) is 4. The molecule has 7 heteroatoms. The SMILES string of the molecule is CN1[C@H]2[C@@H](CCOC(=O)c3ccccc3)C[C@@H]1[C@@H]1OC(=O)c3cc4c(cc3[C@@H]12)OCO4. The van der Waals surface area contributed by atoms with Crippen LogP contribution in [0.2, 0.25) is 0 Å². The second kappa shape index (κ2) is 6.99. The van der Waals surface area contributed by atoms with Crippen molar-refractivity contribution < 1.29 is 28.5 Å². The Hall–Kier alpha value is -3.06. The topological polar surface area (TPSA) is 74.3 Å². The standard InChI is InChI=1S/C24H23NO6/c1-25-17-9-14(7-8-28-23(26)13-5-3-2-4-6-13)21(25)20-15-10-18-19(30-12-29-18)11-16(15)24(27)31-22(17)20/h2-6,10-11,14,17,20-22H,7-9,12H2,1H3/t14-,17+,20+,21-,22-/m0/s1. The number of rotatable bonds is 4. The van der Waals surface area contributed by atoms with Gasteiger partial charge in [-0.3, -0.25) is 4.90 Å². The number of fused-ring (bicyclic) bond motifs is 8. The van der Waals surface area contributed by atoms with E-state index in [1.807, 2.05) is 24.3 Å². The molecular weight excluding hydrogens is 398 g/mol. The fourth-order valence-corrected chi connectivity index (χ4v) is 5.87. The number of likely N-dealkylation sites (N-methyl/N-ethyl adjacent to an activating group) is 1. The van der Waals surface area contributed by atoms with Crippen LogP contribution in [0.5, 0.6) is 11.5 Å². The Balaban J connectivity index is 1.22. The quantitative estimate of drug-likeness (QED) is 0.703. The van der Waals surface area contributed by atoms with Crippen LogP contribution >= 0.6 is 0 Å². The van der Waals surface area contributed by atoms with Gasteiger partial charge in [0, 0.05) is 18.0 Å². The van der Waals surface area contributed by atoms with Gasteiger partial charge in [-0.05, 0) is 55.6 Å². The lowest BCUT2D eigenvalue weighted by molar-refractivity contribution is 0.00656. The Morgan fingerprint density at radius 1 is 1.16 bits per heavy atom. The van der Waals surface area contributed by atoms with Gasteiger partial charge in [-0.15, -0.1) is 0 Å². The number of carbonyl (C=O) groups excluding carboxylic acids is 2. The molecule has 160 valence electrons. The van der Waals surface area contributed by atoms with Crippen LogP contribution in [0.25, 0.3) is 0 Å². The fraction of sp³-hybridized carbons (Fsp3) is 0.417. The van der Waals surface area contributed by atoms with Crippen LogP contribution in [-0.4, -0.2) is 55.5 Å². The Bertz CT molecular complexity index is 1050. The summed E-state index contributed by atoms with van der Waals surface area (Å²) in [6, 6.07) is 13.1. The molecule has 0 N–H and O–H groups in total. The Morgan fingerprint density at radius 2 is 1.94 bits per heavy atom. The molecule has 0 aliphatic carbocycles. The van der Waals surface area contributed by atoms with Crippen molar-refractivity contribution in [2.75, 3.05) is 20.4 Å². The highest BCUT2D eigenvalue weighted by atomic mass is 16.7. The van der Waals surface area contributed by atoms with Crippen molar-refractivity contribution in [3.05, 3.63) is 59.2 Å². The maximum Gasteiger partial charge on any atom is 0.338 e. The Kier molecular flexibility index (Phi) is 4.21. The third kappa shape index (κ3) is 2.83. The van der Waals surface area contributed by atoms with E-state index in [9.17, 15) is 9.59 Å². The van der Waals surface area contributed by atoms with E-state index >= 15 is 0 Å². The summed E-state index contributed by atoms with van der Waals surface area (Å²) in [6.07, 6.45) is 1.55. The summed E-state index contributed by atoms with van der Waals surface area (Å²) in [5, 5.41) is 0. The minimum Gasteiger partial charge on any atom is -0.462 e. The van der Waals surface area contributed by atoms with E-state index in [1.165, 1.54) is 0 Å². The van der Waals surface area contributed by atoms with Gasteiger partial charge in [-0.25, -0.2) is 9.59 Å². The molecule has 2 aromatic rings.